The summed E-state index contributed by atoms with van der Waals surface area (Å²) < 4.78 is 0. The molecule has 0 bridgehead atoms. The van der Waals surface area contributed by atoms with Gasteiger partial charge < -0.3 is 15.7 Å². The van der Waals surface area contributed by atoms with Crippen LogP contribution in [-0.2, 0) is 4.79 Å². The number of carboxylic acid groups (broad SMARTS) is 1. The van der Waals surface area contributed by atoms with Gasteiger partial charge in [-0.25, -0.2) is 4.79 Å². The van der Waals surface area contributed by atoms with E-state index in [0.717, 1.165) is 17.0 Å². The molecule has 0 fully saturated rings. The number of fused-ring (bicyclic) bond motifs is 1. The number of rotatable bonds is 7. The number of nitrogens with one attached hydrogen (secondary N) is 2. The molecule has 138 valence electrons. The number of nitro groups is 1. The van der Waals surface area contributed by atoms with Gasteiger partial charge in [-0.2, -0.15) is 0 Å². The highest BCUT2D eigenvalue weighted by Crippen LogP contribution is 2.26. The van der Waals surface area contributed by atoms with Crippen LogP contribution in [0.1, 0.15) is 34.1 Å². The molecule has 1 aromatic carbocycles. The van der Waals surface area contributed by atoms with Crippen molar-refractivity contribution in [2.24, 2.45) is 0 Å². The molecule has 1 aliphatic rings. The number of carbonyl (C=O) groups excluding carboxylic acids is 3. The van der Waals surface area contributed by atoms with Crippen molar-refractivity contribution in [3.05, 3.63) is 39.4 Å². The van der Waals surface area contributed by atoms with E-state index in [1.54, 1.807) is 0 Å². The fraction of sp³-hybridized carbons (Fsp3) is 0.333. The first kappa shape index (κ1) is 18.8. The number of carboxylic acids is 1. The van der Waals surface area contributed by atoms with E-state index in [1.165, 1.54) is 13.0 Å². The van der Waals surface area contributed by atoms with Crippen LogP contribution < -0.4 is 10.6 Å². The summed E-state index contributed by atoms with van der Waals surface area (Å²) in [5, 5.41) is 24.1. The number of non-ortho nitro benzene ring substituents is 1. The number of aliphatic carboxylic acids is 1. The summed E-state index contributed by atoms with van der Waals surface area (Å²) in [7, 11) is 0. The fourth-order valence-electron chi connectivity index (χ4n) is 2.34. The van der Waals surface area contributed by atoms with Gasteiger partial charge >= 0.3 is 12.0 Å². The van der Waals surface area contributed by atoms with Gasteiger partial charge in [0.25, 0.3) is 17.5 Å². The second-order valence-corrected chi connectivity index (χ2v) is 5.56. The highest BCUT2D eigenvalue weighted by Gasteiger charge is 2.36. The SMILES string of the molecule is CC(NC(=O)NCCCN1C(=O)c2ccc([N+](=O)[O-])cc2C1=O)C(=O)O. The molecule has 1 aliphatic heterocycles. The van der Waals surface area contributed by atoms with Crippen LogP contribution in [0.2, 0.25) is 0 Å². The zero-order chi connectivity index (χ0) is 19.4. The number of benzene rings is 1. The Morgan fingerprint density at radius 1 is 1.27 bits per heavy atom. The second kappa shape index (κ2) is 7.59. The molecule has 0 saturated heterocycles. The second-order valence-electron chi connectivity index (χ2n) is 5.56. The minimum absolute atomic E-state index is 0.00884. The highest BCUT2D eigenvalue weighted by molar-refractivity contribution is 6.21. The number of urea groups is 1. The molecule has 0 radical (unpaired) electrons. The molecule has 1 aromatic rings. The first-order valence-corrected chi connectivity index (χ1v) is 7.64. The quantitative estimate of drug-likeness (QED) is 0.272. The molecule has 0 aromatic heterocycles. The number of nitrogens with zero attached hydrogens (tertiary/aromatic N) is 2. The van der Waals surface area contributed by atoms with Gasteiger partial charge in [0.2, 0.25) is 0 Å². The van der Waals surface area contributed by atoms with Gasteiger partial charge in [-0.1, -0.05) is 0 Å². The van der Waals surface area contributed by atoms with E-state index in [0.29, 0.717) is 0 Å². The van der Waals surface area contributed by atoms with E-state index in [9.17, 15) is 29.3 Å². The van der Waals surface area contributed by atoms with E-state index in [4.69, 9.17) is 5.11 Å². The number of carbonyl (C=O) groups is 4. The van der Waals surface area contributed by atoms with Crippen LogP contribution in [-0.4, -0.2) is 57.9 Å². The van der Waals surface area contributed by atoms with Crippen LogP contribution in [0.4, 0.5) is 10.5 Å². The summed E-state index contributed by atoms with van der Waals surface area (Å²) in [5.74, 6) is -2.36. The predicted molar refractivity (Wildman–Crippen MR) is 86.7 cm³/mol. The average Bonchev–Trinajstić information content (AvgIpc) is 2.82. The van der Waals surface area contributed by atoms with Crippen molar-refractivity contribution >= 4 is 29.5 Å². The topological polar surface area (TPSA) is 159 Å². The molecule has 11 nitrogen and oxygen atoms in total. The Labute approximate surface area is 147 Å². The van der Waals surface area contributed by atoms with Crippen molar-refractivity contribution in [2.75, 3.05) is 13.1 Å². The van der Waals surface area contributed by atoms with Gasteiger partial charge in [0.1, 0.15) is 6.04 Å². The van der Waals surface area contributed by atoms with Gasteiger partial charge in [0.15, 0.2) is 0 Å². The summed E-state index contributed by atoms with van der Waals surface area (Å²) >= 11 is 0. The molecular formula is C15H16N4O7. The third-order valence-electron chi connectivity index (χ3n) is 3.73. The lowest BCUT2D eigenvalue weighted by Crippen LogP contribution is -2.45. The van der Waals surface area contributed by atoms with Crippen molar-refractivity contribution in [2.45, 2.75) is 19.4 Å². The fourth-order valence-corrected chi connectivity index (χ4v) is 2.34. The van der Waals surface area contributed by atoms with Crippen molar-refractivity contribution in [3.8, 4) is 0 Å². The molecule has 3 N–H and O–H groups in total. The predicted octanol–water partition coefficient (Wildman–Crippen LogP) is 0.353. The average molecular weight is 364 g/mol. The van der Waals surface area contributed by atoms with Crippen molar-refractivity contribution in [1.29, 1.82) is 0 Å². The molecule has 26 heavy (non-hydrogen) atoms. The number of hydrogen-bond donors (Lipinski definition) is 3. The number of imide groups is 1. The van der Waals surface area contributed by atoms with Gasteiger partial charge in [-0.15, -0.1) is 0 Å². The van der Waals surface area contributed by atoms with E-state index >= 15 is 0 Å². The van der Waals surface area contributed by atoms with E-state index < -0.39 is 34.8 Å². The van der Waals surface area contributed by atoms with Crippen LogP contribution >= 0.6 is 0 Å². The summed E-state index contributed by atoms with van der Waals surface area (Å²) in [6.07, 6.45) is 0.239. The van der Waals surface area contributed by atoms with E-state index in [2.05, 4.69) is 10.6 Å². The molecular weight excluding hydrogens is 348 g/mol. The molecule has 1 unspecified atom stereocenters. The smallest absolute Gasteiger partial charge is 0.325 e. The van der Waals surface area contributed by atoms with Crippen molar-refractivity contribution in [1.82, 2.24) is 15.5 Å². The van der Waals surface area contributed by atoms with Gasteiger partial charge in [-0.05, 0) is 19.4 Å². The third-order valence-corrected chi connectivity index (χ3v) is 3.73. The van der Waals surface area contributed by atoms with E-state index in [1.807, 2.05) is 0 Å². The van der Waals surface area contributed by atoms with Crippen LogP contribution in [0.5, 0.6) is 0 Å². The maximum atomic E-state index is 12.2. The van der Waals surface area contributed by atoms with Crippen LogP contribution in [0.25, 0.3) is 0 Å². The lowest BCUT2D eigenvalue weighted by Gasteiger charge is -2.14. The van der Waals surface area contributed by atoms with Crippen LogP contribution in [0, 0.1) is 10.1 Å². The Hall–Kier alpha value is -3.50. The lowest BCUT2D eigenvalue weighted by atomic mass is 10.1. The molecule has 0 aliphatic carbocycles. The van der Waals surface area contributed by atoms with Gasteiger partial charge in [-0.3, -0.25) is 29.4 Å². The Kier molecular flexibility index (Phi) is 5.50. The molecule has 1 heterocycles. The lowest BCUT2D eigenvalue weighted by molar-refractivity contribution is -0.384. The van der Waals surface area contributed by atoms with Crippen LogP contribution in [0.15, 0.2) is 18.2 Å². The first-order valence-electron chi connectivity index (χ1n) is 7.64. The molecule has 1 atom stereocenters. The zero-order valence-corrected chi connectivity index (χ0v) is 13.7. The standard InChI is InChI=1S/C15H16N4O7/c1-8(14(22)23)17-15(24)16-5-2-6-18-12(20)10-4-3-9(19(25)26)7-11(10)13(18)21/h3-4,7-8H,2,5-6H2,1H3,(H,22,23)(H2,16,17,24). The Bertz CT molecular complexity index is 792. The molecule has 0 saturated carbocycles. The van der Waals surface area contributed by atoms with Crippen molar-refractivity contribution < 1.29 is 29.2 Å². The Morgan fingerprint density at radius 3 is 2.54 bits per heavy atom. The van der Waals surface area contributed by atoms with Crippen molar-refractivity contribution in [3.63, 3.8) is 0 Å². The number of amides is 4. The number of hydrogen-bond acceptors (Lipinski definition) is 6. The summed E-state index contributed by atoms with van der Waals surface area (Å²) in [5.41, 5.74) is -0.204. The Balaban J connectivity index is 1.88. The number of nitro benzene ring substituents is 1. The van der Waals surface area contributed by atoms with Gasteiger partial charge in [0, 0.05) is 25.2 Å². The molecule has 2 rings (SSSR count). The normalized spacial score (nSPS) is 14.0. The monoisotopic (exact) mass is 364 g/mol. The first-order chi connectivity index (χ1) is 12.2. The maximum Gasteiger partial charge on any atom is 0.325 e. The molecule has 0 spiro atoms. The van der Waals surface area contributed by atoms with Gasteiger partial charge in [0.05, 0.1) is 16.1 Å². The zero-order valence-electron chi connectivity index (χ0n) is 13.7. The summed E-state index contributed by atoms with van der Waals surface area (Å²) in [6, 6.07) is 1.73. The summed E-state index contributed by atoms with van der Waals surface area (Å²) in [4.78, 5) is 57.6. The molecule has 4 amide bonds. The highest BCUT2D eigenvalue weighted by atomic mass is 16.6. The maximum absolute atomic E-state index is 12.2. The summed E-state index contributed by atoms with van der Waals surface area (Å²) in [6.45, 7) is 1.42. The molecule has 11 heteroatoms. The third kappa shape index (κ3) is 3.94. The largest absolute Gasteiger partial charge is 0.480 e. The minimum Gasteiger partial charge on any atom is -0.480 e. The van der Waals surface area contributed by atoms with E-state index in [-0.39, 0.29) is 36.3 Å². The minimum atomic E-state index is -1.18. The Morgan fingerprint density at radius 2 is 1.92 bits per heavy atom. The van der Waals surface area contributed by atoms with Crippen LogP contribution in [0.3, 0.4) is 0 Å².